The van der Waals surface area contributed by atoms with Crippen LogP contribution in [0.2, 0.25) is 0 Å². The summed E-state index contributed by atoms with van der Waals surface area (Å²) in [6.45, 7) is 6.74. The summed E-state index contributed by atoms with van der Waals surface area (Å²) < 4.78 is 11.9. The molecule has 0 aromatic carbocycles. The molecule has 0 aliphatic heterocycles. The fourth-order valence-electron chi connectivity index (χ4n) is 5.18. The summed E-state index contributed by atoms with van der Waals surface area (Å²) in [4.78, 5) is 0. The number of rotatable bonds is 34. The van der Waals surface area contributed by atoms with Gasteiger partial charge < -0.3 is 19.9 Å². The molecule has 0 bridgehead atoms. The van der Waals surface area contributed by atoms with Gasteiger partial charge in [-0.25, -0.2) is 0 Å². The monoisotopic (exact) mass is 580 g/mol. The van der Waals surface area contributed by atoms with Crippen LogP contribution in [0, 0.1) is 0 Å². The Balaban J connectivity index is 3.74. The highest BCUT2D eigenvalue weighted by Gasteiger charge is 2.11. The maximum atomic E-state index is 10.3. The molecule has 0 aromatic rings. The van der Waals surface area contributed by atoms with E-state index >= 15 is 0 Å². The predicted molar refractivity (Wildman–Crippen MR) is 181 cm³/mol. The first-order valence-electron chi connectivity index (χ1n) is 18.1. The van der Waals surface area contributed by atoms with E-state index in [1.165, 1.54) is 135 Å². The average molecular weight is 580 g/mol. The summed E-state index contributed by atoms with van der Waals surface area (Å²) in [5, 5.41) is 13.4. The third kappa shape index (κ3) is 33.7. The molecule has 0 saturated heterocycles. The van der Waals surface area contributed by atoms with Gasteiger partial charge in [-0.1, -0.05) is 122 Å². The van der Waals surface area contributed by atoms with Gasteiger partial charge in [-0.2, -0.15) is 0 Å². The summed E-state index contributed by atoms with van der Waals surface area (Å²) in [5.41, 5.74) is 0. The van der Waals surface area contributed by atoms with Gasteiger partial charge in [0.05, 0.1) is 19.3 Å². The van der Waals surface area contributed by atoms with Crippen molar-refractivity contribution in [3.63, 3.8) is 0 Å². The normalized spacial score (nSPS) is 13.6. The van der Waals surface area contributed by atoms with Gasteiger partial charge in [-0.15, -0.1) is 0 Å². The second-order valence-electron chi connectivity index (χ2n) is 12.0. The minimum atomic E-state index is -0.631. The first-order chi connectivity index (χ1) is 20.2. The zero-order valence-electron chi connectivity index (χ0n) is 28.0. The van der Waals surface area contributed by atoms with Gasteiger partial charge in [-0.3, -0.25) is 0 Å². The Morgan fingerprint density at radius 2 is 0.951 bits per heavy atom. The van der Waals surface area contributed by atoms with Crippen LogP contribution in [0.25, 0.3) is 0 Å². The van der Waals surface area contributed by atoms with Crippen LogP contribution < -0.4 is 5.32 Å². The number of likely N-dealkylation sites (N-methyl/N-ethyl adjacent to an activating group) is 1. The van der Waals surface area contributed by atoms with Crippen LogP contribution in [-0.2, 0) is 9.47 Å². The molecule has 4 nitrogen and oxygen atoms in total. The summed E-state index contributed by atoms with van der Waals surface area (Å²) in [5.74, 6) is 0. The van der Waals surface area contributed by atoms with Crippen LogP contribution in [-0.4, -0.2) is 44.3 Å². The molecular formula is C37H73NO3. The maximum absolute atomic E-state index is 10.3. The van der Waals surface area contributed by atoms with E-state index in [4.69, 9.17) is 9.47 Å². The van der Waals surface area contributed by atoms with E-state index < -0.39 is 6.29 Å². The van der Waals surface area contributed by atoms with Crippen molar-refractivity contribution in [2.75, 3.05) is 26.8 Å². The molecule has 2 atom stereocenters. The Morgan fingerprint density at radius 1 is 0.512 bits per heavy atom. The Bertz CT molecular complexity index is 536. The number of ether oxygens (including phenoxy) is 2. The lowest BCUT2D eigenvalue weighted by atomic mass is 10.0. The van der Waals surface area contributed by atoms with Gasteiger partial charge >= 0.3 is 0 Å². The second-order valence-corrected chi connectivity index (χ2v) is 12.0. The molecule has 0 radical (unpaired) electrons. The average Bonchev–Trinajstić information content (AvgIpc) is 2.97. The molecule has 0 amide bonds. The third-order valence-corrected chi connectivity index (χ3v) is 7.96. The van der Waals surface area contributed by atoms with Crippen molar-refractivity contribution in [2.24, 2.45) is 0 Å². The van der Waals surface area contributed by atoms with Crippen molar-refractivity contribution in [2.45, 2.75) is 187 Å². The van der Waals surface area contributed by atoms with Crippen molar-refractivity contribution in [3.05, 3.63) is 24.3 Å². The standard InChI is InChI=1S/C37H73NO3/c1-4-6-8-10-12-14-16-18-20-22-24-26-28-30-36(40-35-33-38-3)32-34-41-37(39)31-29-27-25-23-21-19-17-15-13-11-9-7-5-2/h14-17,36-39H,4-13,18-35H2,1-3H3/b16-14+,17-15+. The zero-order valence-corrected chi connectivity index (χ0v) is 28.0. The Kier molecular flexibility index (Phi) is 34.9. The first kappa shape index (κ1) is 40.3. The lowest BCUT2D eigenvalue weighted by molar-refractivity contribution is -0.113. The summed E-state index contributed by atoms with van der Waals surface area (Å²) in [6.07, 6.45) is 40.2. The van der Waals surface area contributed by atoms with Crippen LogP contribution in [0.15, 0.2) is 24.3 Å². The minimum absolute atomic E-state index is 0.233. The molecule has 0 heterocycles. The van der Waals surface area contributed by atoms with E-state index in [2.05, 4.69) is 43.5 Å². The number of nitrogens with one attached hydrogen (secondary N) is 1. The number of unbranched alkanes of at least 4 members (excludes halogenated alkanes) is 18. The Labute approximate surface area is 257 Å². The zero-order chi connectivity index (χ0) is 29.9. The molecule has 2 N–H and O–H groups in total. The topological polar surface area (TPSA) is 50.7 Å². The van der Waals surface area contributed by atoms with Crippen LogP contribution in [0.3, 0.4) is 0 Å². The van der Waals surface area contributed by atoms with Gasteiger partial charge in [0.25, 0.3) is 0 Å². The molecule has 4 heteroatoms. The highest BCUT2D eigenvalue weighted by atomic mass is 16.6. The van der Waals surface area contributed by atoms with Gasteiger partial charge in [0, 0.05) is 6.54 Å². The predicted octanol–water partition coefficient (Wildman–Crippen LogP) is 10.8. The van der Waals surface area contributed by atoms with Crippen molar-refractivity contribution in [3.8, 4) is 0 Å². The van der Waals surface area contributed by atoms with E-state index in [9.17, 15) is 5.11 Å². The molecule has 244 valence electrons. The van der Waals surface area contributed by atoms with Gasteiger partial charge in [0.15, 0.2) is 6.29 Å². The van der Waals surface area contributed by atoms with Crippen LogP contribution in [0.5, 0.6) is 0 Å². The summed E-state index contributed by atoms with van der Waals surface area (Å²) in [6, 6.07) is 0. The number of hydrogen-bond acceptors (Lipinski definition) is 4. The van der Waals surface area contributed by atoms with Crippen molar-refractivity contribution in [1.29, 1.82) is 0 Å². The van der Waals surface area contributed by atoms with E-state index in [-0.39, 0.29) is 6.10 Å². The van der Waals surface area contributed by atoms with Gasteiger partial charge in [0.1, 0.15) is 0 Å². The Morgan fingerprint density at radius 3 is 1.44 bits per heavy atom. The molecule has 0 saturated carbocycles. The lowest BCUT2D eigenvalue weighted by Gasteiger charge is -2.19. The van der Waals surface area contributed by atoms with Crippen molar-refractivity contribution in [1.82, 2.24) is 5.32 Å². The third-order valence-electron chi connectivity index (χ3n) is 7.96. The Hall–Kier alpha value is -0.680. The van der Waals surface area contributed by atoms with Crippen LogP contribution in [0.4, 0.5) is 0 Å². The van der Waals surface area contributed by atoms with E-state index in [1.54, 1.807) is 0 Å². The molecule has 0 aromatic heterocycles. The van der Waals surface area contributed by atoms with Crippen molar-refractivity contribution < 1.29 is 14.6 Å². The molecule has 0 aliphatic carbocycles. The van der Waals surface area contributed by atoms with Crippen LogP contribution >= 0.6 is 0 Å². The smallest absolute Gasteiger partial charge is 0.154 e. The van der Waals surface area contributed by atoms with E-state index in [1.807, 2.05) is 7.05 Å². The van der Waals surface area contributed by atoms with E-state index in [0.717, 1.165) is 38.8 Å². The second kappa shape index (κ2) is 35.5. The largest absolute Gasteiger partial charge is 0.377 e. The molecule has 2 unspecified atom stereocenters. The maximum Gasteiger partial charge on any atom is 0.154 e. The molecule has 0 fully saturated rings. The lowest BCUT2D eigenvalue weighted by Crippen LogP contribution is -2.23. The number of aliphatic hydroxyl groups is 1. The van der Waals surface area contributed by atoms with E-state index in [0.29, 0.717) is 6.61 Å². The number of aliphatic hydroxyl groups excluding tert-OH is 1. The number of hydrogen-bond donors (Lipinski definition) is 2. The SMILES string of the molecule is CCCCCC/C=C/CCCCCCCC(O)OCCC(CCCCCCC/C=C/CCCCCC)OCCNC. The van der Waals surface area contributed by atoms with Crippen LogP contribution in [0.1, 0.15) is 174 Å². The highest BCUT2D eigenvalue weighted by Crippen LogP contribution is 2.15. The fraction of sp³-hybridized carbons (Fsp3) is 0.892. The molecule has 41 heavy (non-hydrogen) atoms. The summed E-state index contributed by atoms with van der Waals surface area (Å²) in [7, 11) is 1.97. The fourth-order valence-corrected chi connectivity index (χ4v) is 5.18. The molecule has 0 spiro atoms. The minimum Gasteiger partial charge on any atom is -0.377 e. The first-order valence-corrected chi connectivity index (χ1v) is 18.1. The quantitative estimate of drug-likeness (QED) is 0.0452. The molecule has 0 aliphatic rings. The number of allylic oxidation sites excluding steroid dienone is 4. The van der Waals surface area contributed by atoms with Crippen molar-refractivity contribution >= 4 is 0 Å². The molecule has 0 rings (SSSR count). The van der Waals surface area contributed by atoms with Gasteiger partial charge in [0.2, 0.25) is 0 Å². The molecular weight excluding hydrogens is 506 g/mol. The highest BCUT2D eigenvalue weighted by molar-refractivity contribution is 4.82. The summed E-state index contributed by atoms with van der Waals surface area (Å²) >= 11 is 0. The van der Waals surface area contributed by atoms with Gasteiger partial charge in [-0.05, 0) is 84.1 Å².